The number of nitrogens with zero attached hydrogens (tertiary/aromatic N) is 1. The average molecular weight is 335 g/mol. The predicted molar refractivity (Wildman–Crippen MR) is 95.8 cm³/mol. The minimum absolute atomic E-state index is 0.0944. The fourth-order valence-electron chi connectivity index (χ4n) is 2.49. The molecule has 0 atom stereocenters. The van der Waals surface area contributed by atoms with Crippen LogP contribution in [-0.2, 0) is 4.79 Å². The fourth-order valence-corrected chi connectivity index (χ4v) is 2.49. The summed E-state index contributed by atoms with van der Waals surface area (Å²) in [6, 6.07) is 18.8. The number of anilines is 2. The maximum Gasteiger partial charge on any atom is 0.276 e. The topological polar surface area (TPSA) is 113 Å². The van der Waals surface area contributed by atoms with Crippen molar-refractivity contribution in [1.82, 2.24) is 15.4 Å². The molecule has 7 heteroatoms. The van der Waals surface area contributed by atoms with Gasteiger partial charge in [0.1, 0.15) is 5.69 Å². The molecule has 25 heavy (non-hydrogen) atoms. The first-order chi connectivity index (χ1) is 12.2. The van der Waals surface area contributed by atoms with E-state index in [4.69, 9.17) is 5.73 Å². The van der Waals surface area contributed by atoms with Crippen molar-refractivity contribution in [2.45, 2.75) is 5.92 Å². The van der Waals surface area contributed by atoms with Crippen molar-refractivity contribution in [3.63, 3.8) is 0 Å². The Morgan fingerprint density at radius 3 is 2.12 bits per heavy atom. The third kappa shape index (κ3) is 3.66. The summed E-state index contributed by atoms with van der Waals surface area (Å²) in [6.45, 7) is 0. The lowest BCUT2D eigenvalue weighted by Crippen LogP contribution is -2.35. The highest BCUT2D eigenvalue weighted by molar-refractivity contribution is 5.88. The molecule has 0 saturated heterocycles. The van der Waals surface area contributed by atoms with E-state index in [2.05, 4.69) is 20.8 Å². The van der Waals surface area contributed by atoms with Crippen LogP contribution in [0.5, 0.6) is 0 Å². The summed E-state index contributed by atoms with van der Waals surface area (Å²) in [5.74, 6) is -0.714. The van der Waals surface area contributed by atoms with Gasteiger partial charge in [-0.1, -0.05) is 60.7 Å². The summed E-state index contributed by atoms with van der Waals surface area (Å²) in [6.07, 6.45) is 1.21. The lowest BCUT2D eigenvalue weighted by molar-refractivity contribution is -0.121. The zero-order valence-electron chi connectivity index (χ0n) is 13.3. The van der Waals surface area contributed by atoms with E-state index in [1.165, 1.54) is 6.33 Å². The van der Waals surface area contributed by atoms with E-state index in [1.54, 1.807) is 0 Å². The summed E-state index contributed by atoms with van der Waals surface area (Å²) in [4.78, 5) is 30.5. The summed E-state index contributed by atoms with van der Waals surface area (Å²) in [7, 11) is 0. The largest absolute Gasteiger partial charge is 0.391 e. The molecule has 0 saturated carbocycles. The normalized spacial score (nSPS) is 10.4. The van der Waals surface area contributed by atoms with Gasteiger partial charge in [-0.15, -0.1) is 0 Å². The van der Waals surface area contributed by atoms with E-state index in [-0.39, 0.29) is 17.4 Å². The van der Waals surface area contributed by atoms with Crippen LogP contribution < -0.4 is 22.1 Å². The zero-order chi connectivity index (χ0) is 17.6. The Bertz CT molecular complexity index is 870. The molecule has 0 unspecified atom stereocenters. The molecule has 0 fully saturated rings. The molecule has 0 aliphatic rings. The molecule has 126 valence electrons. The van der Waals surface area contributed by atoms with Crippen molar-refractivity contribution in [1.29, 1.82) is 0 Å². The van der Waals surface area contributed by atoms with Crippen molar-refractivity contribution in [2.24, 2.45) is 0 Å². The molecule has 1 amide bonds. The van der Waals surface area contributed by atoms with Gasteiger partial charge in [-0.3, -0.25) is 20.4 Å². The number of amides is 1. The second-order valence-corrected chi connectivity index (χ2v) is 5.36. The third-order valence-corrected chi connectivity index (χ3v) is 3.72. The van der Waals surface area contributed by atoms with Crippen LogP contribution in [0.15, 0.2) is 71.8 Å². The Kier molecular flexibility index (Phi) is 4.75. The summed E-state index contributed by atoms with van der Waals surface area (Å²) >= 11 is 0. The van der Waals surface area contributed by atoms with Gasteiger partial charge in [0.05, 0.1) is 12.2 Å². The van der Waals surface area contributed by atoms with Gasteiger partial charge in [-0.05, 0) is 11.1 Å². The molecule has 0 aliphatic heterocycles. The summed E-state index contributed by atoms with van der Waals surface area (Å²) < 4.78 is 0. The Hall–Kier alpha value is -3.61. The van der Waals surface area contributed by atoms with Crippen molar-refractivity contribution in [3.05, 3.63) is 88.5 Å². The maximum atomic E-state index is 12.8. The van der Waals surface area contributed by atoms with Gasteiger partial charge in [0, 0.05) is 0 Å². The van der Waals surface area contributed by atoms with Crippen LogP contribution in [0.3, 0.4) is 0 Å². The second-order valence-electron chi connectivity index (χ2n) is 5.36. The molecule has 0 radical (unpaired) electrons. The van der Waals surface area contributed by atoms with Gasteiger partial charge in [-0.2, -0.15) is 0 Å². The van der Waals surface area contributed by atoms with Gasteiger partial charge >= 0.3 is 0 Å². The molecule has 2 aromatic carbocycles. The van der Waals surface area contributed by atoms with Crippen LogP contribution in [0.1, 0.15) is 17.0 Å². The standard InChI is InChI=1S/C18H17N5O2/c19-15-16(20-11-21-18(15)25)22-23-17(24)14(12-7-3-1-4-8-12)13-9-5-2-6-10-13/h1-11,14H,19H2,(H,23,24)(H2,20,21,22,25). The first-order valence-corrected chi connectivity index (χ1v) is 7.65. The van der Waals surface area contributed by atoms with Crippen LogP contribution in [0.25, 0.3) is 0 Å². The minimum atomic E-state index is -0.516. The van der Waals surface area contributed by atoms with Gasteiger partial charge in [0.25, 0.3) is 5.56 Å². The SMILES string of the molecule is Nc1c(NNC(=O)C(c2ccccc2)c2ccccc2)nc[nH]c1=O. The highest BCUT2D eigenvalue weighted by Gasteiger charge is 2.22. The molecular formula is C18H17N5O2. The Balaban J connectivity index is 1.85. The Labute approximate surface area is 143 Å². The van der Waals surface area contributed by atoms with Gasteiger partial charge < -0.3 is 10.7 Å². The van der Waals surface area contributed by atoms with Crippen LogP contribution in [0, 0.1) is 0 Å². The van der Waals surface area contributed by atoms with Gasteiger partial charge in [0.2, 0.25) is 5.91 Å². The number of hydrogen-bond acceptors (Lipinski definition) is 5. The lowest BCUT2D eigenvalue weighted by atomic mass is 9.91. The maximum absolute atomic E-state index is 12.8. The molecular weight excluding hydrogens is 318 g/mol. The molecule has 3 aromatic rings. The molecule has 1 heterocycles. The number of rotatable bonds is 5. The second kappa shape index (κ2) is 7.31. The quantitative estimate of drug-likeness (QED) is 0.529. The summed E-state index contributed by atoms with van der Waals surface area (Å²) in [5.41, 5.74) is 12.0. The van der Waals surface area contributed by atoms with Gasteiger partial charge in [-0.25, -0.2) is 4.98 Å². The molecule has 3 rings (SSSR count). The number of aromatic amines is 1. The average Bonchev–Trinajstić information content (AvgIpc) is 2.65. The van der Waals surface area contributed by atoms with E-state index < -0.39 is 11.5 Å². The number of H-pyrrole nitrogens is 1. The smallest absolute Gasteiger partial charge is 0.276 e. The first kappa shape index (κ1) is 16.3. The lowest BCUT2D eigenvalue weighted by Gasteiger charge is -2.18. The summed E-state index contributed by atoms with van der Waals surface area (Å²) in [5, 5.41) is 0. The number of benzene rings is 2. The third-order valence-electron chi connectivity index (χ3n) is 3.72. The van der Waals surface area contributed by atoms with Crippen molar-refractivity contribution in [3.8, 4) is 0 Å². The number of nitrogen functional groups attached to an aromatic ring is 1. The monoisotopic (exact) mass is 335 g/mol. The first-order valence-electron chi connectivity index (χ1n) is 7.65. The number of carbonyl (C=O) groups is 1. The van der Waals surface area contributed by atoms with Crippen LogP contribution in [0.2, 0.25) is 0 Å². The van der Waals surface area contributed by atoms with E-state index in [9.17, 15) is 9.59 Å². The van der Waals surface area contributed by atoms with Gasteiger partial charge in [0.15, 0.2) is 5.82 Å². The number of nitrogens with one attached hydrogen (secondary N) is 3. The number of hydrogen-bond donors (Lipinski definition) is 4. The molecule has 5 N–H and O–H groups in total. The number of nitrogens with two attached hydrogens (primary N) is 1. The van der Waals surface area contributed by atoms with Crippen LogP contribution >= 0.6 is 0 Å². The zero-order valence-corrected chi connectivity index (χ0v) is 13.3. The predicted octanol–water partition coefficient (Wildman–Crippen LogP) is 1.63. The highest BCUT2D eigenvalue weighted by Crippen LogP contribution is 2.24. The molecule has 0 aliphatic carbocycles. The van der Waals surface area contributed by atoms with E-state index in [0.29, 0.717) is 0 Å². The molecule has 0 bridgehead atoms. The van der Waals surface area contributed by atoms with E-state index in [1.807, 2.05) is 60.7 Å². The van der Waals surface area contributed by atoms with Crippen LogP contribution in [0.4, 0.5) is 11.5 Å². The molecule has 0 spiro atoms. The number of hydrazine groups is 1. The van der Waals surface area contributed by atoms with Crippen molar-refractivity contribution < 1.29 is 4.79 Å². The molecule has 1 aromatic heterocycles. The van der Waals surface area contributed by atoms with E-state index in [0.717, 1.165) is 11.1 Å². The Morgan fingerprint density at radius 1 is 1.00 bits per heavy atom. The highest BCUT2D eigenvalue weighted by atomic mass is 16.2. The van der Waals surface area contributed by atoms with E-state index >= 15 is 0 Å². The molecule has 7 nitrogen and oxygen atoms in total. The van der Waals surface area contributed by atoms with Crippen LogP contribution in [-0.4, -0.2) is 15.9 Å². The fraction of sp³-hybridized carbons (Fsp3) is 0.0556. The van der Waals surface area contributed by atoms with Crippen molar-refractivity contribution in [2.75, 3.05) is 11.2 Å². The number of aromatic nitrogens is 2. The Morgan fingerprint density at radius 2 is 1.56 bits per heavy atom. The number of carbonyl (C=O) groups excluding carboxylic acids is 1. The minimum Gasteiger partial charge on any atom is -0.391 e. The van der Waals surface area contributed by atoms with Crippen molar-refractivity contribution >= 4 is 17.4 Å².